The zero-order chi connectivity index (χ0) is 29.3. The van der Waals surface area contributed by atoms with Gasteiger partial charge in [0.05, 0.1) is 33.6 Å². The molecule has 0 aliphatic carbocycles. The number of pyridine rings is 1. The van der Waals surface area contributed by atoms with Crippen LogP contribution in [-0.2, 0) is 0 Å². The van der Waals surface area contributed by atoms with Gasteiger partial charge in [-0.05, 0) is 42.7 Å². The van der Waals surface area contributed by atoms with E-state index in [4.69, 9.17) is 22.3 Å². The quantitative estimate of drug-likeness (QED) is 0.306. The van der Waals surface area contributed by atoms with Crippen LogP contribution in [-0.4, -0.2) is 57.0 Å². The lowest BCUT2D eigenvalue weighted by atomic mass is 10.0. The number of aromatic nitrogens is 3. The third-order valence-corrected chi connectivity index (χ3v) is 7.34. The molecule has 0 bridgehead atoms. The largest absolute Gasteiger partial charge is 0.417 e. The fourth-order valence-corrected chi connectivity index (χ4v) is 5.14. The Morgan fingerprint density at radius 1 is 1.02 bits per heavy atom. The summed E-state index contributed by atoms with van der Waals surface area (Å²) in [6.07, 6.45) is 3.36. The van der Waals surface area contributed by atoms with Gasteiger partial charge in [0, 0.05) is 43.3 Å². The smallest absolute Gasteiger partial charge is 0.404 e. The highest BCUT2D eigenvalue weighted by molar-refractivity contribution is 6.33. The van der Waals surface area contributed by atoms with Crippen LogP contribution >= 0.6 is 11.6 Å². The fourth-order valence-electron chi connectivity index (χ4n) is 4.93. The van der Waals surface area contributed by atoms with Gasteiger partial charge in [0.1, 0.15) is 11.5 Å². The molecule has 5 rings (SSSR count). The first-order valence-electron chi connectivity index (χ1n) is 12.7. The van der Waals surface area contributed by atoms with Crippen molar-refractivity contribution in [3.8, 4) is 11.3 Å². The van der Waals surface area contributed by atoms with Gasteiger partial charge in [0.2, 0.25) is 0 Å². The van der Waals surface area contributed by atoms with Crippen LogP contribution in [0.25, 0.3) is 16.8 Å². The molecular formula is C29H24ClF3N6O2. The van der Waals surface area contributed by atoms with E-state index in [2.05, 4.69) is 16.5 Å². The number of hydrogen-bond acceptors (Lipinski definition) is 7. The lowest BCUT2D eigenvalue weighted by Gasteiger charge is -2.36. The second-order valence-corrected chi connectivity index (χ2v) is 9.91. The Labute approximate surface area is 238 Å². The zero-order valence-electron chi connectivity index (χ0n) is 21.6. The molecule has 2 aliphatic rings. The first-order chi connectivity index (χ1) is 19.6. The van der Waals surface area contributed by atoms with Crippen LogP contribution in [0.4, 0.5) is 19.0 Å². The predicted molar refractivity (Wildman–Crippen MR) is 149 cm³/mol. The molecule has 0 atom stereocenters. The summed E-state index contributed by atoms with van der Waals surface area (Å²) < 4.78 is 39.4. The van der Waals surface area contributed by atoms with Gasteiger partial charge in [-0.25, -0.2) is 4.98 Å². The minimum Gasteiger partial charge on any atom is -0.404 e. The van der Waals surface area contributed by atoms with Crippen molar-refractivity contribution in [2.75, 3.05) is 18.0 Å². The first-order valence-corrected chi connectivity index (χ1v) is 13.0. The SMILES string of the molecule is C=C(/C=C\C(=C/N)C(F)(F)F)c1ncc(N2CCC(N3C(=O)c4ccccc4C3=O)CC2)nc1-c1ccncc1Cl. The monoisotopic (exact) mass is 580 g/mol. The van der Waals surface area contributed by atoms with Crippen LogP contribution in [0.15, 0.2) is 79.4 Å². The molecule has 41 heavy (non-hydrogen) atoms. The van der Waals surface area contributed by atoms with Gasteiger partial charge in [-0.1, -0.05) is 36.4 Å². The summed E-state index contributed by atoms with van der Waals surface area (Å²) in [7, 11) is 0. The highest BCUT2D eigenvalue weighted by atomic mass is 35.5. The maximum atomic E-state index is 13.1. The second-order valence-electron chi connectivity index (χ2n) is 9.50. The Morgan fingerprint density at radius 2 is 1.68 bits per heavy atom. The number of anilines is 1. The number of allylic oxidation sites excluding steroid dienone is 4. The van der Waals surface area contributed by atoms with Crippen molar-refractivity contribution in [3.63, 3.8) is 0 Å². The van der Waals surface area contributed by atoms with Crippen LogP contribution in [0.2, 0.25) is 5.02 Å². The van der Waals surface area contributed by atoms with E-state index in [1.54, 1.807) is 30.3 Å². The van der Waals surface area contributed by atoms with Gasteiger partial charge >= 0.3 is 6.18 Å². The Morgan fingerprint density at radius 3 is 2.27 bits per heavy atom. The molecule has 0 radical (unpaired) electrons. The molecule has 2 N–H and O–H groups in total. The van der Waals surface area contributed by atoms with E-state index in [0.717, 1.165) is 6.08 Å². The van der Waals surface area contributed by atoms with Gasteiger partial charge in [0.15, 0.2) is 0 Å². The standard InChI is InChI=1S/C29H24ClF3N6O2/c1-17(6-7-18(14-34)29(31,32)33)25-26(22-8-11-35-15-23(22)30)37-24(16-36-25)38-12-9-19(10-13-38)39-27(40)20-4-2-3-5-21(20)28(39)41/h2-8,11,14-16,19H,1,9-10,12-13,34H2/b7-6-,18-14+. The van der Waals surface area contributed by atoms with Crippen molar-refractivity contribution in [3.05, 3.63) is 101 Å². The third-order valence-electron chi connectivity index (χ3n) is 7.04. The molecule has 8 nitrogen and oxygen atoms in total. The molecule has 2 aliphatic heterocycles. The molecule has 0 saturated carbocycles. The number of nitrogens with two attached hydrogens (primary N) is 1. The number of amides is 2. The van der Waals surface area contributed by atoms with E-state index in [-0.39, 0.29) is 34.1 Å². The van der Waals surface area contributed by atoms with Crippen molar-refractivity contribution in [1.82, 2.24) is 19.9 Å². The van der Waals surface area contributed by atoms with Crippen molar-refractivity contribution in [2.24, 2.45) is 5.73 Å². The summed E-state index contributed by atoms with van der Waals surface area (Å²) >= 11 is 6.41. The van der Waals surface area contributed by atoms with E-state index in [9.17, 15) is 22.8 Å². The number of carbonyl (C=O) groups excluding carboxylic acids is 2. The summed E-state index contributed by atoms with van der Waals surface area (Å²) in [5.41, 5.74) is 6.15. The van der Waals surface area contributed by atoms with E-state index in [1.807, 2.05) is 4.90 Å². The van der Waals surface area contributed by atoms with E-state index < -0.39 is 11.7 Å². The molecule has 1 fully saturated rings. The van der Waals surface area contributed by atoms with Crippen LogP contribution < -0.4 is 10.6 Å². The number of carbonyl (C=O) groups is 2. The summed E-state index contributed by atoms with van der Waals surface area (Å²) in [4.78, 5) is 42.4. The molecule has 0 spiro atoms. The minimum absolute atomic E-state index is 0.167. The maximum Gasteiger partial charge on any atom is 0.417 e. The van der Waals surface area contributed by atoms with Crippen LogP contribution in [0.1, 0.15) is 39.3 Å². The highest BCUT2D eigenvalue weighted by Crippen LogP contribution is 2.34. The topological polar surface area (TPSA) is 105 Å². The van der Waals surface area contributed by atoms with Gasteiger partial charge in [-0.15, -0.1) is 0 Å². The number of fused-ring (bicyclic) bond motifs is 1. The molecule has 210 valence electrons. The van der Waals surface area contributed by atoms with Crippen molar-refractivity contribution in [1.29, 1.82) is 0 Å². The van der Waals surface area contributed by atoms with Crippen LogP contribution in [0.3, 0.4) is 0 Å². The van der Waals surface area contributed by atoms with E-state index in [1.165, 1.54) is 29.6 Å². The van der Waals surface area contributed by atoms with Crippen molar-refractivity contribution >= 4 is 34.8 Å². The number of rotatable bonds is 6. The number of benzene rings is 1. The summed E-state index contributed by atoms with van der Waals surface area (Å²) in [5.74, 6) is -0.0628. The number of nitrogens with zero attached hydrogens (tertiary/aromatic N) is 5. The van der Waals surface area contributed by atoms with Gasteiger partial charge in [-0.3, -0.25) is 24.5 Å². The van der Waals surface area contributed by atoms with Gasteiger partial charge < -0.3 is 10.6 Å². The minimum atomic E-state index is -4.63. The number of hydrogen-bond donors (Lipinski definition) is 1. The fraction of sp³-hybridized carbons (Fsp3) is 0.207. The van der Waals surface area contributed by atoms with Gasteiger partial charge in [0.25, 0.3) is 11.8 Å². The molecule has 2 amide bonds. The molecular weight excluding hydrogens is 557 g/mol. The maximum absolute atomic E-state index is 13.1. The van der Waals surface area contributed by atoms with E-state index in [0.29, 0.717) is 60.3 Å². The Balaban J connectivity index is 1.39. The van der Waals surface area contributed by atoms with Crippen LogP contribution in [0.5, 0.6) is 0 Å². The average Bonchev–Trinajstić information content (AvgIpc) is 3.22. The Bertz CT molecular complexity index is 1560. The Kier molecular flexibility index (Phi) is 7.63. The summed E-state index contributed by atoms with van der Waals surface area (Å²) in [6, 6.07) is 8.16. The molecule has 4 heterocycles. The van der Waals surface area contributed by atoms with Gasteiger partial charge in [-0.2, -0.15) is 13.2 Å². The molecule has 2 aromatic heterocycles. The van der Waals surface area contributed by atoms with Crippen molar-refractivity contribution in [2.45, 2.75) is 25.1 Å². The number of alkyl halides is 3. The lowest BCUT2D eigenvalue weighted by Crippen LogP contribution is -2.47. The molecule has 12 heteroatoms. The van der Waals surface area contributed by atoms with Crippen molar-refractivity contribution < 1.29 is 22.8 Å². The zero-order valence-corrected chi connectivity index (χ0v) is 22.4. The van der Waals surface area contributed by atoms with E-state index >= 15 is 0 Å². The third kappa shape index (κ3) is 5.45. The average molecular weight is 581 g/mol. The highest BCUT2D eigenvalue weighted by Gasteiger charge is 2.41. The Hall–Kier alpha value is -4.51. The lowest BCUT2D eigenvalue weighted by molar-refractivity contribution is -0.0883. The molecule has 3 aromatic rings. The normalized spacial score (nSPS) is 16.5. The molecule has 0 unspecified atom stereocenters. The summed E-state index contributed by atoms with van der Waals surface area (Å²) in [5, 5.41) is 0.277. The summed E-state index contributed by atoms with van der Waals surface area (Å²) in [6.45, 7) is 4.88. The predicted octanol–water partition coefficient (Wildman–Crippen LogP) is 5.43. The number of halogens is 4. The number of piperidine rings is 1. The first kappa shape index (κ1) is 28.0. The second kappa shape index (κ2) is 11.2. The molecule has 1 saturated heterocycles. The number of imide groups is 1. The molecule has 1 aromatic carbocycles. The van der Waals surface area contributed by atoms with Crippen LogP contribution in [0, 0.1) is 0 Å².